The molecule has 2 N–H and O–H groups in total. The molecule has 22 heavy (non-hydrogen) atoms. The average Bonchev–Trinajstić information content (AvgIpc) is 2.44. The molecule has 0 amide bonds. The second kappa shape index (κ2) is 6.42. The van der Waals surface area contributed by atoms with Crippen LogP contribution >= 0.6 is 0 Å². The van der Waals surface area contributed by atoms with Crippen LogP contribution in [-0.2, 0) is 18.7 Å². The largest absolute Gasteiger partial charge is 0.503 e. The van der Waals surface area contributed by atoms with Gasteiger partial charge >= 0.3 is 0 Å². The van der Waals surface area contributed by atoms with E-state index >= 15 is 0 Å². The van der Waals surface area contributed by atoms with E-state index in [0.717, 1.165) is 31.8 Å². The van der Waals surface area contributed by atoms with Gasteiger partial charge in [0, 0.05) is 23.8 Å². The van der Waals surface area contributed by atoms with E-state index in [2.05, 4.69) is 11.8 Å². The van der Waals surface area contributed by atoms with Gasteiger partial charge in [0.05, 0.1) is 12.3 Å². The third kappa shape index (κ3) is 3.52. The first-order chi connectivity index (χ1) is 10.2. The van der Waals surface area contributed by atoms with Gasteiger partial charge in [0.2, 0.25) is 5.43 Å². The molecule has 0 unspecified atom stereocenters. The van der Waals surface area contributed by atoms with Crippen molar-refractivity contribution in [3.05, 3.63) is 27.7 Å². The molecule has 124 valence electrons. The molecular formula is C17H28N2O3. The molecule has 5 heteroatoms. The Balaban J connectivity index is 2.44. The highest BCUT2D eigenvalue weighted by Crippen LogP contribution is 2.27. The summed E-state index contributed by atoms with van der Waals surface area (Å²) >= 11 is 0. The second-order valence-electron chi connectivity index (χ2n) is 7.42. The molecule has 0 atom stereocenters. The van der Waals surface area contributed by atoms with Crippen molar-refractivity contribution in [2.45, 2.75) is 59.2 Å². The number of aliphatic hydroxyl groups is 1. The summed E-state index contributed by atoms with van der Waals surface area (Å²) in [5.41, 5.74) is 0.431. The van der Waals surface area contributed by atoms with Crippen molar-refractivity contribution in [1.29, 1.82) is 0 Å². The molecule has 1 aliphatic heterocycles. The molecule has 0 bridgehead atoms. The van der Waals surface area contributed by atoms with Gasteiger partial charge in [-0.3, -0.25) is 9.69 Å². The first kappa shape index (κ1) is 17.0. The molecule has 2 heterocycles. The Kier molecular flexibility index (Phi) is 4.97. The quantitative estimate of drug-likeness (QED) is 0.897. The summed E-state index contributed by atoms with van der Waals surface area (Å²) in [5.74, 6) is 0.546. The zero-order chi connectivity index (χ0) is 16.5. The van der Waals surface area contributed by atoms with Gasteiger partial charge in [0.25, 0.3) is 0 Å². The number of pyridine rings is 1. The number of aromatic hydroxyl groups is 1. The van der Waals surface area contributed by atoms with Gasteiger partial charge in [0.15, 0.2) is 5.75 Å². The predicted octanol–water partition coefficient (Wildman–Crippen LogP) is 2.03. The average molecular weight is 308 g/mol. The lowest BCUT2D eigenvalue weighted by Gasteiger charge is -2.35. The molecule has 1 aromatic heterocycles. The molecule has 1 saturated heterocycles. The maximum absolute atomic E-state index is 12.0. The van der Waals surface area contributed by atoms with E-state index in [4.69, 9.17) is 0 Å². The highest BCUT2D eigenvalue weighted by Gasteiger charge is 2.25. The number of likely N-dealkylation sites (tertiary alicyclic amines) is 1. The SMILES string of the molecule is CC1CCN(Cc2c(O)c(=O)cc(CO)n2C(C)(C)C)CC1. The van der Waals surface area contributed by atoms with Crippen molar-refractivity contribution in [3.63, 3.8) is 0 Å². The molecule has 1 fully saturated rings. The fraction of sp³-hybridized carbons (Fsp3) is 0.706. The number of nitrogens with zero attached hydrogens (tertiary/aromatic N) is 2. The Morgan fingerprint density at radius 2 is 1.86 bits per heavy atom. The van der Waals surface area contributed by atoms with Gasteiger partial charge in [-0.05, 0) is 52.6 Å². The lowest BCUT2D eigenvalue weighted by Crippen LogP contribution is -2.37. The lowest BCUT2D eigenvalue weighted by atomic mass is 9.98. The highest BCUT2D eigenvalue weighted by atomic mass is 16.3. The fourth-order valence-electron chi connectivity index (χ4n) is 3.24. The van der Waals surface area contributed by atoms with Crippen LogP contribution in [0.5, 0.6) is 5.75 Å². The Labute approximate surface area is 132 Å². The van der Waals surface area contributed by atoms with E-state index in [0.29, 0.717) is 17.9 Å². The van der Waals surface area contributed by atoms with E-state index in [-0.39, 0.29) is 17.9 Å². The Hall–Kier alpha value is -1.33. The topological polar surface area (TPSA) is 65.7 Å². The maximum Gasteiger partial charge on any atom is 0.223 e. The van der Waals surface area contributed by atoms with Crippen molar-refractivity contribution >= 4 is 0 Å². The van der Waals surface area contributed by atoms with Crippen LogP contribution in [0.1, 0.15) is 51.9 Å². The van der Waals surface area contributed by atoms with E-state index in [9.17, 15) is 15.0 Å². The molecule has 0 aromatic carbocycles. The Bertz CT molecular complexity index is 579. The number of aromatic nitrogens is 1. The maximum atomic E-state index is 12.0. The number of hydrogen-bond acceptors (Lipinski definition) is 4. The molecule has 2 rings (SSSR count). The van der Waals surface area contributed by atoms with Crippen molar-refractivity contribution in [2.24, 2.45) is 5.92 Å². The summed E-state index contributed by atoms with van der Waals surface area (Å²) in [6.45, 7) is 10.6. The van der Waals surface area contributed by atoms with Gasteiger partial charge in [-0.25, -0.2) is 0 Å². The van der Waals surface area contributed by atoms with Gasteiger partial charge < -0.3 is 14.8 Å². The molecule has 0 aliphatic carbocycles. The predicted molar refractivity (Wildman–Crippen MR) is 87.0 cm³/mol. The second-order valence-corrected chi connectivity index (χ2v) is 7.42. The number of rotatable bonds is 3. The van der Waals surface area contributed by atoms with Crippen molar-refractivity contribution in [1.82, 2.24) is 9.47 Å². The molecule has 1 aliphatic rings. The van der Waals surface area contributed by atoms with Crippen molar-refractivity contribution < 1.29 is 10.2 Å². The minimum absolute atomic E-state index is 0.189. The van der Waals surface area contributed by atoms with Crippen LogP contribution < -0.4 is 5.43 Å². The number of aliphatic hydroxyl groups excluding tert-OH is 1. The molecular weight excluding hydrogens is 280 g/mol. The normalized spacial score (nSPS) is 17.9. The van der Waals surface area contributed by atoms with E-state index in [1.54, 1.807) is 0 Å². The van der Waals surface area contributed by atoms with E-state index in [1.165, 1.54) is 6.07 Å². The van der Waals surface area contributed by atoms with Crippen LogP contribution in [-0.4, -0.2) is 32.8 Å². The van der Waals surface area contributed by atoms with Crippen molar-refractivity contribution in [3.8, 4) is 5.75 Å². The fourth-order valence-corrected chi connectivity index (χ4v) is 3.24. The molecule has 1 aromatic rings. The number of hydrogen-bond donors (Lipinski definition) is 2. The van der Waals surface area contributed by atoms with Gasteiger partial charge in [0.1, 0.15) is 0 Å². The monoisotopic (exact) mass is 308 g/mol. The lowest BCUT2D eigenvalue weighted by molar-refractivity contribution is 0.172. The van der Waals surface area contributed by atoms with Crippen LogP contribution in [0.4, 0.5) is 0 Å². The Morgan fingerprint density at radius 3 is 2.36 bits per heavy atom. The molecule has 0 spiro atoms. The standard InChI is InChI=1S/C17H28N2O3/c1-12-5-7-18(8-6-12)10-14-16(22)15(21)9-13(11-20)19(14)17(2,3)4/h9,12,20,22H,5-8,10-11H2,1-4H3. The zero-order valence-electron chi connectivity index (χ0n) is 14.1. The van der Waals surface area contributed by atoms with Gasteiger partial charge in [-0.2, -0.15) is 0 Å². The third-order valence-electron chi connectivity index (χ3n) is 4.44. The van der Waals surface area contributed by atoms with Crippen LogP contribution in [0.2, 0.25) is 0 Å². The van der Waals surface area contributed by atoms with Crippen LogP contribution in [0.15, 0.2) is 10.9 Å². The van der Waals surface area contributed by atoms with Gasteiger partial charge in [-0.1, -0.05) is 6.92 Å². The van der Waals surface area contributed by atoms with Crippen molar-refractivity contribution in [2.75, 3.05) is 13.1 Å². The third-order valence-corrected chi connectivity index (χ3v) is 4.44. The summed E-state index contributed by atoms with van der Waals surface area (Å²) in [5, 5.41) is 19.9. The molecule has 5 nitrogen and oxygen atoms in total. The first-order valence-electron chi connectivity index (χ1n) is 8.04. The van der Waals surface area contributed by atoms with Crippen LogP contribution in [0.3, 0.4) is 0 Å². The van der Waals surface area contributed by atoms with Crippen LogP contribution in [0, 0.1) is 5.92 Å². The zero-order valence-corrected chi connectivity index (χ0v) is 14.1. The van der Waals surface area contributed by atoms with E-state index < -0.39 is 5.43 Å². The summed E-state index contributed by atoms with van der Waals surface area (Å²) in [6.07, 6.45) is 2.28. The minimum Gasteiger partial charge on any atom is -0.503 e. The molecule has 0 saturated carbocycles. The summed E-state index contributed by atoms with van der Waals surface area (Å²) in [6, 6.07) is 1.34. The first-order valence-corrected chi connectivity index (χ1v) is 8.04. The van der Waals surface area contributed by atoms with E-state index in [1.807, 2.05) is 25.3 Å². The molecule has 0 radical (unpaired) electrons. The summed E-state index contributed by atoms with van der Waals surface area (Å²) in [7, 11) is 0. The Morgan fingerprint density at radius 1 is 1.27 bits per heavy atom. The van der Waals surface area contributed by atoms with Gasteiger partial charge in [-0.15, -0.1) is 0 Å². The van der Waals surface area contributed by atoms with Crippen LogP contribution in [0.25, 0.3) is 0 Å². The summed E-state index contributed by atoms with van der Waals surface area (Å²) in [4.78, 5) is 14.3. The smallest absolute Gasteiger partial charge is 0.223 e. The minimum atomic E-state index is -0.412. The number of piperidine rings is 1. The highest BCUT2D eigenvalue weighted by molar-refractivity contribution is 5.31. The summed E-state index contributed by atoms with van der Waals surface area (Å²) < 4.78 is 1.90.